The molecular weight excluding hydrogens is 206 g/mol. The molecule has 1 atom stereocenters. The molecule has 1 amide bonds. The second-order valence-electron chi connectivity index (χ2n) is 4.49. The van der Waals surface area contributed by atoms with E-state index in [0.29, 0.717) is 5.56 Å². The second kappa shape index (κ2) is 5.09. The summed E-state index contributed by atoms with van der Waals surface area (Å²) in [6.07, 6.45) is -1.21. The third kappa shape index (κ3) is 4.00. The Kier molecular flexibility index (Phi) is 4.04. The molecule has 88 valence electrons. The van der Waals surface area contributed by atoms with E-state index in [-0.39, 0.29) is 0 Å². The van der Waals surface area contributed by atoms with Gasteiger partial charge in [-0.2, -0.15) is 0 Å². The normalized spacial score (nSPS) is 13.2. The van der Waals surface area contributed by atoms with Crippen LogP contribution < -0.4 is 5.48 Å². The van der Waals surface area contributed by atoms with Crippen LogP contribution in [0.3, 0.4) is 0 Å². The Bertz CT molecular complexity index is 343. The Morgan fingerprint density at radius 1 is 1.31 bits per heavy atom. The Labute approximate surface area is 95.2 Å². The zero-order valence-electron chi connectivity index (χ0n) is 9.73. The molecule has 2 N–H and O–H groups in total. The lowest BCUT2D eigenvalue weighted by atomic mass is 10.1. The third-order valence-corrected chi connectivity index (χ3v) is 1.82. The lowest BCUT2D eigenvalue weighted by molar-refractivity contribution is -0.154. The van der Waals surface area contributed by atoms with Gasteiger partial charge in [-0.15, -0.1) is 0 Å². The fourth-order valence-electron chi connectivity index (χ4n) is 1.05. The van der Waals surface area contributed by atoms with Crippen LogP contribution >= 0.6 is 0 Å². The number of carbonyl (C=O) groups excluding carboxylic acids is 1. The number of rotatable bonds is 3. The molecule has 0 aromatic heterocycles. The first kappa shape index (κ1) is 12.7. The Hall–Kier alpha value is -1.39. The molecule has 16 heavy (non-hydrogen) atoms. The van der Waals surface area contributed by atoms with Crippen molar-refractivity contribution in [3.05, 3.63) is 35.9 Å². The average molecular weight is 223 g/mol. The first-order valence-corrected chi connectivity index (χ1v) is 5.11. The average Bonchev–Trinajstić information content (AvgIpc) is 2.25. The van der Waals surface area contributed by atoms with E-state index >= 15 is 0 Å². The van der Waals surface area contributed by atoms with Gasteiger partial charge in [-0.1, -0.05) is 30.3 Å². The van der Waals surface area contributed by atoms with Crippen molar-refractivity contribution in [2.24, 2.45) is 0 Å². The van der Waals surface area contributed by atoms with Crippen molar-refractivity contribution < 1.29 is 14.7 Å². The van der Waals surface area contributed by atoms with E-state index < -0.39 is 17.6 Å². The molecule has 0 saturated carbocycles. The van der Waals surface area contributed by atoms with Crippen molar-refractivity contribution in [1.29, 1.82) is 0 Å². The number of hydroxylamine groups is 1. The number of aliphatic hydroxyl groups excluding tert-OH is 1. The molecule has 0 fully saturated rings. The van der Waals surface area contributed by atoms with E-state index in [0.717, 1.165) is 0 Å². The first-order chi connectivity index (χ1) is 7.40. The second-order valence-corrected chi connectivity index (χ2v) is 4.49. The molecule has 0 aliphatic heterocycles. The molecule has 0 heterocycles. The highest BCUT2D eigenvalue weighted by Crippen LogP contribution is 2.12. The lowest BCUT2D eigenvalue weighted by Crippen LogP contribution is -2.36. The molecule has 1 unspecified atom stereocenters. The topological polar surface area (TPSA) is 58.6 Å². The van der Waals surface area contributed by atoms with Crippen LogP contribution in [0.15, 0.2) is 30.3 Å². The van der Waals surface area contributed by atoms with Gasteiger partial charge in [0.15, 0.2) is 6.10 Å². The summed E-state index contributed by atoms with van der Waals surface area (Å²) in [6.45, 7) is 5.42. The SMILES string of the molecule is CC(C)(C)ONC(=O)C(O)c1ccccc1. The van der Waals surface area contributed by atoms with Gasteiger partial charge in [-0.05, 0) is 26.3 Å². The van der Waals surface area contributed by atoms with E-state index in [4.69, 9.17) is 4.84 Å². The molecule has 0 bridgehead atoms. The van der Waals surface area contributed by atoms with Gasteiger partial charge < -0.3 is 5.11 Å². The van der Waals surface area contributed by atoms with Gasteiger partial charge in [0.05, 0.1) is 5.60 Å². The van der Waals surface area contributed by atoms with Gasteiger partial charge in [0.1, 0.15) is 0 Å². The number of aliphatic hydroxyl groups is 1. The van der Waals surface area contributed by atoms with Crippen LogP contribution in [0.4, 0.5) is 0 Å². The van der Waals surface area contributed by atoms with Gasteiger partial charge in [0, 0.05) is 0 Å². The summed E-state index contributed by atoms with van der Waals surface area (Å²) >= 11 is 0. The summed E-state index contributed by atoms with van der Waals surface area (Å²) in [5, 5.41) is 9.69. The van der Waals surface area contributed by atoms with Crippen molar-refractivity contribution in [2.75, 3.05) is 0 Å². The summed E-state index contributed by atoms with van der Waals surface area (Å²) in [7, 11) is 0. The van der Waals surface area contributed by atoms with E-state index in [1.807, 2.05) is 26.8 Å². The summed E-state index contributed by atoms with van der Waals surface area (Å²) in [5.74, 6) is -0.568. The summed E-state index contributed by atoms with van der Waals surface area (Å²) in [6, 6.07) is 8.70. The number of carbonyl (C=O) groups is 1. The highest BCUT2D eigenvalue weighted by atomic mass is 16.7. The van der Waals surface area contributed by atoms with Crippen molar-refractivity contribution in [3.63, 3.8) is 0 Å². The van der Waals surface area contributed by atoms with Gasteiger partial charge in [-0.3, -0.25) is 9.63 Å². The standard InChI is InChI=1S/C12H17NO3/c1-12(2,3)16-13-11(15)10(14)9-7-5-4-6-8-9/h4-8,10,14H,1-3H3,(H,13,15). The summed E-state index contributed by atoms with van der Waals surface area (Å²) in [4.78, 5) is 16.6. The highest BCUT2D eigenvalue weighted by Gasteiger charge is 2.19. The van der Waals surface area contributed by atoms with Crippen LogP contribution in [0.5, 0.6) is 0 Å². The van der Waals surface area contributed by atoms with Crippen LogP contribution in [-0.4, -0.2) is 16.6 Å². The predicted octanol–water partition coefficient (Wildman–Crippen LogP) is 1.57. The number of hydrogen-bond acceptors (Lipinski definition) is 3. The maximum atomic E-state index is 11.5. The molecule has 1 aromatic rings. The molecule has 1 rings (SSSR count). The largest absolute Gasteiger partial charge is 0.378 e. The quantitative estimate of drug-likeness (QED) is 0.765. The van der Waals surface area contributed by atoms with Crippen LogP contribution in [-0.2, 0) is 9.63 Å². The highest BCUT2D eigenvalue weighted by molar-refractivity contribution is 5.80. The molecule has 4 heteroatoms. The minimum atomic E-state index is -1.21. The first-order valence-electron chi connectivity index (χ1n) is 5.11. The zero-order chi connectivity index (χ0) is 12.2. The zero-order valence-corrected chi connectivity index (χ0v) is 9.73. The van der Waals surface area contributed by atoms with Crippen LogP contribution in [0.1, 0.15) is 32.4 Å². The van der Waals surface area contributed by atoms with Crippen molar-refractivity contribution >= 4 is 5.91 Å². The molecule has 4 nitrogen and oxygen atoms in total. The monoisotopic (exact) mass is 223 g/mol. The number of nitrogens with one attached hydrogen (secondary N) is 1. The maximum Gasteiger partial charge on any atom is 0.276 e. The minimum Gasteiger partial charge on any atom is -0.378 e. The fourth-order valence-corrected chi connectivity index (χ4v) is 1.05. The number of benzene rings is 1. The maximum absolute atomic E-state index is 11.5. The summed E-state index contributed by atoms with van der Waals surface area (Å²) in [5.41, 5.74) is 2.29. The van der Waals surface area contributed by atoms with Crippen molar-refractivity contribution in [2.45, 2.75) is 32.5 Å². The number of hydrogen-bond donors (Lipinski definition) is 2. The van der Waals surface area contributed by atoms with E-state index in [1.165, 1.54) is 0 Å². The summed E-state index contributed by atoms with van der Waals surface area (Å²) < 4.78 is 0. The Morgan fingerprint density at radius 2 is 1.88 bits per heavy atom. The fraction of sp³-hybridized carbons (Fsp3) is 0.417. The van der Waals surface area contributed by atoms with Crippen LogP contribution in [0, 0.1) is 0 Å². The number of amides is 1. The predicted molar refractivity (Wildman–Crippen MR) is 60.4 cm³/mol. The molecule has 0 saturated heterocycles. The van der Waals surface area contributed by atoms with E-state index in [2.05, 4.69) is 5.48 Å². The van der Waals surface area contributed by atoms with Gasteiger partial charge in [0.2, 0.25) is 0 Å². The Balaban J connectivity index is 2.55. The molecule has 0 spiro atoms. The third-order valence-electron chi connectivity index (χ3n) is 1.82. The smallest absolute Gasteiger partial charge is 0.276 e. The molecule has 0 radical (unpaired) electrons. The molecule has 0 aliphatic carbocycles. The van der Waals surface area contributed by atoms with Crippen molar-refractivity contribution in [1.82, 2.24) is 5.48 Å². The Morgan fingerprint density at radius 3 is 2.38 bits per heavy atom. The van der Waals surface area contributed by atoms with Crippen molar-refractivity contribution in [3.8, 4) is 0 Å². The lowest BCUT2D eigenvalue weighted by Gasteiger charge is -2.20. The molecule has 1 aromatic carbocycles. The van der Waals surface area contributed by atoms with Crippen LogP contribution in [0.2, 0.25) is 0 Å². The van der Waals surface area contributed by atoms with Gasteiger partial charge in [0.25, 0.3) is 5.91 Å². The van der Waals surface area contributed by atoms with E-state index in [1.54, 1.807) is 24.3 Å². The van der Waals surface area contributed by atoms with Crippen LogP contribution in [0.25, 0.3) is 0 Å². The van der Waals surface area contributed by atoms with E-state index in [9.17, 15) is 9.90 Å². The minimum absolute atomic E-state index is 0.480. The van der Waals surface area contributed by atoms with Gasteiger partial charge >= 0.3 is 0 Å². The molecular formula is C12H17NO3. The van der Waals surface area contributed by atoms with Gasteiger partial charge in [-0.25, -0.2) is 5.48 Å². The molecule has 0 aliphatic rings.